The van der Waals surface area contributed by atoms with Crippen LogP contribution in [0.2, 0.25) is 0 Å². The molecule has 0 amide bonds. The summed E-state index contributed by atoms with van der Waals surface area (Å²) >= 11 is 0. The Labute approximate surface area is 152 Å². The number of hydrogen-bond acceptors (Lipinski definition) is 7. The van der Waals surface area contributed by atoms with Crippen LogP contribution in [-0.2, 0) is 6.61 Å². The van der Waals surface area contributed by atoms with Crippen molar-refractivity contribution < 1.29 is 23.4 Å². The molecule has 0 aromatic carbocycles. The molecule has 1 saturated carbocycles. The van der Waals surface area contributed by atoms with Crippen molar-refractivity contribution in [2.45, 2.75) is 25.4 Å². The van der Waals surface area contributed by atoms with Gasteiger partial charge in [-0.25, -0.2) is 23.3 Å². The van der Waals surface area contributed by atoms with Crippen LogP contribution in [0.25, 0.3) is 16.9 Å². The highest BCUT2D eigenvalue weighted by molar-refractivity contribution is 5.68. The maximum absolute atomic E-state index is 13.1. The van der Waals surface area contributed by atoms with Gasteiger partial charge in [0.25, 0.3) is 0 Å². The van der Waals surface area contributed by atoms with Gasteiger partial charge < -0.3 is 14.6 Å². The van der Waals surface area contributed by atoms with Gasteiger partial charge in [0.2, 0.25) is 12.3 Å². The van der Waals surface area contributed by atoms with Crippen LogP contribution in [0.5, 0.6) is 11.9 Å². The summed E-state index contributed by atoms with van der Waals surface area (Å²) in [6, 6.07) is 1.85. The molecule has 10 heteroatoms. The lowest BCUT2D eigenvalue weighted by molar-refractivity contribution is 0.120. The van der Waals surface area contributed by atoms with Crippen molar-refractivity contribution in [3.8, 4) is 23.1 Å². The molecule has 1 fully saturated rings. The fraction of sp³-hybridized carbons (Fsp3) is 0.412. The van der Waals surface area contributed by atoms with Crippen LogP contribution in [0.1, 0.15) is 23.6 Å². The summed E-state index contributed by atoms with van der Waals surface area (Å²) in [5, 5.41) is 13.8. The van der Waals surface area contributed by atoms with Crippen molar-refractivity contribution >= 4 is 5.65 Å². The summed E-state index contributed by atoms with van der Waals surface area (Å²) in [7, 11) is 2.90. The van der Waals surface area contributed by atoms with Gasteiger partial charge in [-0.05, 0) is 18.4 Å². The minimum Gasteiger partial charge on any atom is -0.480 e. The third-order valence-corrected chi connectivity index (χ3v) is 4.61. The molecule has 0 saturated heterocycles. The van der Waals surface area contributed by atoms with Crippen molar-refractivity contribution in [3.05, 3.63) is 29.7 Å². The minimum atomic E-state index is -2.39. The predicted octanol–water partition coefficient (Wildman–Crippen LogP) is 2.06. The van der Waals surface area contributed by atoms with Gasteiger partial charge in [0, 0.05) is 17.7 Å². The maximum Gasteiger partial charge on any atom is 0.319 e. The minimum absolute atomic E-state index is 0.141. The van der Waals surface area contributed by atoms with Crippen LogP contribution in [0.15, 0.2) is 18.5 Å². The van der Waals surface area contributed by atoms with Crippen LogP contribution >= 0.6 is 0 Å². The van der Waals surface area contributed by atoms with E-state index >= 15 is 0 Å². The number of ether oxygens (including phenoxy) is 2. The molecular formula is C17H17F2N5O3. The van der Waals surface area contributed by atoms with Crippen molar-refractivity contribution in [2.75, 3.05) is 14.2 Å². The first kappa shape index (κ1) is 17.5. The summed E-state index contributed by atoms with van der Waals surface area (Å²) in [4.78, 5) is 12.5. The lowest BCUT2D eigenvalue weighted by atomic mass is 10.1. The SMILES string of the molecule is COc1ncc(-c2cc([C@H]3C[C@@H]3C(F)F)c3nc(CO)cn3n2)c(OC)n1. The molecular weight excluding hydrogens is 360 g/mol. The first-order valence-corrected chi connectivity index (χ1v) is 8.29. The molecule has 1 aliphatic rings. The van der Waals surface area contributed by atoms with E-state index in [1.807, 2.05) is 0 Å². The van der Waals surface area contributed by atoms with Gasteiger partial charge in [-0.2, -0.15) is 10.1 Å². The molecule has 0 bridgehead atoms. The van der Waals surface area contributed by atoms with Gasteiger partial charge in [-0.3, -0.25) is 0 Å². The van der Waals surface area contributed by atoms with Crippen molar-refractivity contribution in [1.82, 2.24) is 24.6 Å². The van der Waals surface area contributed by atoms with E-state index in [9.17, 15) is 13.9 Å². The van der Waals surface area contributed by atoms with Gasteiger partial charge in [-0.1, -0.05) is 0 Å². The van der Waals surface area contributed by atoms with Crippen LogP contribution in [0, 0.1) is 5.92 Å². The molecule has 3 heterocycles. The fourth-order valence-electron chi connectivity index (χ4n) is 3.16. The summed E-state index contributed by atoms with van der Waals surface area (Å²) < 4.78 is 38.0. The van der Waals surface area contributed by atoms with Gasteiger partial charge >= 0.3 is 6.01 Å². The van der Waals surface area contributed by atoms with E-state index in [1.165, 1.54) is 24.9 Å². The van der Waals surface area contributed by atoms with E-state index in [0.29, 0.717) is 34.6 Å². The highest BCUT2D eigenvalue weighted by Crippen LogP contribution is 2.52. The summed E-state index contributed by atoms with van der Waals surface area (Å²) in [6.45, 7) is -0.268. The van der Waals surface area contributed by atoms with Gasteiger partial charge in [0.1, 0.15) is 0 Å². The smallest absolute Gasteiger partial charge is 0.319 e. The topological polar surface area (TPSA) is 94.7 Å². The van der Waals surface area contributed by atoms with Crippen molar-refractivity contribution in [2.24, 2.45) is 5.92 Å². The molecule has 1 aliphatic carbocycles. The zero-order valence-electron chi connectivity index (χ0n) is 14.6. The highest BCUT2D eigenvalue weighted by Gasteiger charge is 2.46. The molecule has 2 atom stereocenters. The quantitative estimate of drug-likeness (QED) is 0.703. The van der Waals surface area contributed by atoms with Crippen LogP contribution < -0.4 is 9.47 Å². The molecule has 4 rings (SSSR count). The fourth-order valence-corrected chi connectivity index (χ4v) is 3.16. The number of aliphatic hydroxyl groups is 1. The molecule has 3 aromatic rings. The molecule has 3 aromatic heterocycles. The monoisotopic (exact) mass is 377 g/mol. The van der Waals surface area contributed by atoms with E-state index < -0.39 is 12.3 Å². The summed E-state index contributed by atoms with van der Waals surface area (Å²) in [5.41, 5.74) is 2.48. The Morgan fingerprint density at radius 1 is 1.30 bits per heavy atom. The second kappa shape index (κ2) is 6.69. The molecule has 8 nitrogen and oxygen atoms in total. The Morgan fingerprint density at radius 2 is 2.11 bits per heavy atom. The van der Waals surface area contributed by atoms with Crippen LogP contribution in [0.4, 0.5) is 8.78 Å². The number of alkyl halides is 2. The highest BCUT2D eigenvalue weighted by atomic mass is 19.3. The maximum atomic E-state index is 13.1. The third-order valence-electron chi connectivity index (χ3n) is 4.61. The second-order valence-corrected chi connectivity index (χ2v) is 6.26. The number of fused-ring (bicyclic) bond motifs is 1. The summed E-state index contributed by atoms with van der Waals surface area (Å²) in [5.74, 6) is -0.760. The van der Waals surface area contributed by atoms with Gasteiger partial charge in [0.05, 0.1) is 44.0 Å². The van der Waals surface area contributed by atoms with E-state index in [1.54, 1.807) is 12.3 Å². The Bertz CT molecular complexity index is 994. The molecule has 0 radical (unpaired) electrons. The van der Waals surface area contributed by atoms with E-state index in [2.05, 4.69) is 20.1 Å². The average Bonchev–Trinajstić information content (AvgIpc) is 3.38. The number of nitrogens with zero attached hydrogens (tertiary/aromatic N) is 5. The van der Waals surface area contributed by atoms with E-state index in [0.717, 1.165) is 0 Å². The molecule has 0 unspecified atom stereocenters. The lowest BCUT2D eigenvalue weighted by Gasteiger charge is -2.10. The molecule has 1 N–H and O–H groups in total. The van der Waals surface area contributed by atoms with Gasteiger partial charge in [-0.15, -0.1) is 0 Å². The molecule has 0 spiro atoms. The lowest BCUT2D eigenvalue weighted by Crippen LogP contribution is -2.03. The second-order valence-electron chi connectivity index (χ2n) is 6.26. The molecule has 142 valence electrons. The largest absolute Gasteiger partial charge is 0.480 e. The number of rotatable bonds is 6. The van der Waals surface area contributed by atoms with Crippen molar-refractivity contribution in [1.29, 1.82) is 0 Å². The first-order valence-electron chi connectivity index (χ1n) is 8.29. The Morgan fingerprint density at radius 3 is 2.74 bits per heavy atom. The summed E-state index contributed by atoms with van der Waals surface area (Å²) in [6.07, 6.45) is 1.06. The van der Waals surface area contributed by atoms with E-state index in [4.69, 9.17) is 9.47 Å². The zero-order valence-corrected chi connectivity index (χ0v) is 14.6. The number of hydrogen-bond donors (Lipinski definition) is 1. The number of halogens is 2. The number of methoxy groups -OCH3 is 2. The zero-order chi connectivity index (χ0) is 19.1. The number of aliphatic hydroxyl groups excluding tert-OH is 1. The Hall–Kier alpha value is -2.88. The van der Waals surface area contributed by atoms with Crippen molar-refractivity contribution in [3.63, 3.8) is 0 Å². The average molecular weight is 377 g/mol. The first-order chi connectivity index (χ1) is 13.0. The third kappa shape index (κ3) is 3.05. The molecule has 27 heavy (non-hydrogen) atoms. The number of aromatic nitrogens is 5. The van der Waals surface area contributed by atoms with Gasteiger partial charge in [0.15, 0.2) is 5.65 Å². The number of imidazole rings is 1. The Balaban J connectivity index is 1.87. The van der Waals surface area contributed by atoms with Crippen LogP contribution in [-0.4, -0.2) is 50.3 Å². The molecule has 0 aliphatic heterocycles. The predicted molar refractivity (Wildman–Crippen MR) is 89.9 cm³/mol. The normalized spacial score (nSPS) is 18.9. The van der Waals surface area contributed by atoms with Crippen LogP contribution in [0.3, 0.4) is 0 Å². The van der Waals surface area contributed by atoms with E-state index in [-0.39, 0.29) is 24.4 Å². The standard InChI is InChI=1S/C17H17F2N5O3/c1-26-16-12(5-20-17(22-16)27-2)13-4-11(9-3-10(9)14(18)19)15-21-8(7-25)6-24(15)23-13/h4-6,9-10,14,25H,3,7H2,1-2H3/t9-,10-/m0/s1. The Kier molecular flexibility index (Phi) is 4.34.